The largest absolute Gasteiger partial charge is 0.486 e. The fourth-order valence-corrected chi connectivity index (χ4v) is 3.67. The zero-order valence-electron chi connectivity index (χ0n) is 14.1. The number of ether oxygens (including phenoxy) is 2. The van der Waals surface area contributed by atoms with Crippen LogP contribution in [0.5, 0.6) is 11.5 Å². The Balaban J connectivity index is 1.42. The summed E-state index contributed by atoms with van der Waals surface area (Å²) in [7, 11) is 0. The number of benzene rings is 2. The molecule has 0 N–H and O–H groups in total. The first-order valence-corrected chi connectivity index (χ1v) is 8.96. The maximum atomic E-state index is 12.5. The van der Waals surface area contributed by atoms with E-state index >= 15 is 0 Å². The Kier molecular flexibility index (Phi) is 4.32. The maximum Gasteiger partial charge on any atom is 0.415 e. The predicted octanol–water partition coefficient (Wildman–Crippen LogP) is 4.34. The van der Waals surface area contributed by atoms with E-state index < -0.39 is 5.60 Å². The number of carbonyl (C=O) groups is 2. The highest BCUT2D eigenvalue weighted by molar-refractivity contribution is 6.31. The van der Waals surface area contributed by atoms with Gasteiger partial charge in [0.1, 0.15) is 17.1 Å². The average Bonchev–Trinajstić information content (AvgIpc) is 2.64. The van der Waals surface area contributed by atoms with Crippen molar-refractivity contribution >= 4 is 23.5 Å². The number of hydrogen-bond acceptors (Lipinski definition) is 4. The molecule has 5 nitrogen and oxygen atoms in total. The van der Waals surface area contributed by atoms with Crippen molar-refractivity contribution in [2.45, 2.75) is 24.9 Å². The Bertz CT molecular complexity index is 844. The Hall–Kier alpha value is -2.53. The summed E-state index contributed by atoms with van der Waals surface area (Å²) in [5.74, 6) is 1.13. The Morgan fingerprint density at radius 2 is 1.85 bits per heavy atom. The van der Waals surface area contributed by atoms with E-state index in [2.05, 4.69) is 0 Å². The van der Waals surface area contributed by atoms with Crippen molar-refractivity contribution in [1.82, 2.24) is 4.90 Å². The molecule has 134 valence electrons. The molecule has 2 aromatic carbocycles. The highest BCUT2D eigenvalue weighted by Gasteiger charge is 2.44. The van der Waals surface area contributed by atoms with Crippen molar-refractivity contribution < 1.29 is 19.1 Å². The molecular weight excluding hydrogens is 354 g/mol. The van der Waals surface area contributed by atoms with Gasteiger partial charge >= 0.3 is 6.09 Å². The number of likely N-dealkylation sites (tertiary alicyclic amines) is 1. The van der Waals surface area contributed by atoms with Gasteiger partial charge < -0.3 is 14.4 Å². The molecule has 1 amide bonds. The van der Waals surface area contributed by atoms with E-state index in [1.165, 1.54) is 0 Å². The van der Waals surface area contributed by atoms with Gasteiger partial charge in [0.25, 0.3) is 0 Å². The number of ketones is 1. The molecule has 2 heterocycles. The third kappa shape index (κ3) is 3.27. The summed E-state index contributed by atoms with van der Waals surface area (Å²) in [5.41, 5.74) is -0.0180. The lowest BCUT2D eigenvalue weighted by atomic mass is 9.82. The maximum absolute atomic E-state index is 12.5. The van der Waals surface area contributed by atoms with E-state index in [9.17, 15) is 9.59 Å². The van der Waals surface area contributed by atoms with Gasteiger partial charge in [-0.1, -0.05) is 29.8 Å². The van der Waals surface area contributed by atoms with Crippen molar-refractivity contribution in [3.63, 3.8) is 0 Å². The van der Waals surface area contributed by atoms with Crippen LogP contribution in [0.1, 0.15) is 29.6 Å². The smallest absolute Gasteiger partial charge is 0.415 e. The molecule has 0 unspecified atom stereocenters. The third-order valence-corrected chi connectivity index (χ3v) is 5.17. The molecule has 1 fully saturated rings. The zero-order chi connectivity index (χ0) is 18.1. The molecule has 6 heteroatoms. The summed E-state index contributed by atoms with van der Waals surface area (Å²) >= 11 is 5.97. The monoisotopic (exact) mass is 371 g/mol. The van der Waals surface area contributed by atoms with Crippen LogP contribution in [0.3, 0.4) is 0 Å². The van der Waals surface area contributed by atoms with Gasteiger partial charge in [-0.25, -0.2) is 4.79 Å². The number of para-hydroxylation sites is 1. The molecule has 0 bridgehead atoms. The summed E-state index contributed by atoms with van der Waals surface area (Å²) in [4.78, 5) is 26.5. The van der Waals surface area contributed by atoms with Crippen LogP contribution in [-0.4, -0.2) is 35.5 Å². The molecule has 4 rings (SSSR count). The highest BCUT2D eigenvalue weighted by atomic mass is 35.5. The van der Waals surface area contributed by atoms with Gasteiger partial charge in [-0.15, -0.1) is 0 Å². The molecule has 26 heavy (non-hydrogen) atoms. The SMILES string of the molecule is O=C1CC2(CCN(C(=O)Oc3ccccc3)CC2)Oc2ccc(Cl)cc21. The van der Waals surface area contributed by atoms with Gasteiger partial charge in [0.15, 0.2) is 5.78 Å². The molecule has 0 radical (unpaired) electrons. The lowest BCUT2D eigenvalue weighted by molar-refractivity contribution is -0.00439. The molecule has 0 saturated carbocycles. The number of carbonyl (C=O) groups excluding carboxylic acids is 2. The first-order chi connectivity index (χ1) is 12.5. The van der Waals surface area contributed by atoms with E-state index in [-0.39, 0.29) is 11.9 Å². The van der Waals surface area contributed by atoms with Gasteiger partial charge in [0.2, 0.25) is 0 Å². The van der Waals surface area contributed by atoms with Crippen LogP contribution in [0.15, 0.2) is 48.5 Å². The average molecular weight is 372 g/mol. The first kappa shape index (κ1) is 16.9. The minimum atomic E-state index is -0.554. The van der Waals surface area contributed by atoms with Crippen LogP contribution < -0.4 is 9.47 Å². The number of fused-ring (bicyclic) bond motifs is 1. The molecule has 0 aromatic heterocycles. The molecule has 2 aromatic rings. The number of hydrogen-bond donors (Lipinski definition) is 0. The minimum Gasteiger partial charge on any atom is -0.486 e. The molecule has 0 atom stereocenters. The second kappa shape index (κ2) is 6.65. The van der Waals surface area contributed by atoms with Gasteiger partial charge in [0, 0.05) is 31.0 Å². The van der Waals surface area contributed by atoms with E-state index in [4.69, 9.17) is 21.1 Å². The molecule has 2 aliphatic rings. The summed E-state index contributed by atoms with van der Waals surface area (Å²) < 4.78 is 11.6. The standard InChI is InChI=1S/C20H18ClNO4/c21-14-6-7-18-16(12-14)17(23)13-20(26-18)8-10-22(11-9-20)19(24)25-15-4-2-1-3-5-15/h1-7,12H,8-11,13H2. The fraction of sp³-hybridized carbons (Fsp3) is 0.300. The normalized spacial score (nSPS) is 18.2. The Morgan fingerprint density at radius 3 is 2.58 bits per heavy atom. The Labute approximate surface area is 156 Å². The van der Waals surface area contributed by atoms with Crippen LogP contribution in [-0.2, 0) is 0 Å². The van der Waals surface area contributed by atoms with Crippen molar-refractivity contribution in [3.8, 4) is 11.5 Å². The predicted molar refractivity (Wildman–Crippen MR) is 97.0 cm³/mol. The lowest BCUT2D eigenvalue weighted by Gasteiger charge is -2.43. The zero-order valence-corrected chi connectivity index (χ0v) is 14.9. The van der Waals surface area contributed by atoms with Crippen LogP contribution in [0.4, 0.5) is 4.79 Å². The van der Waals surface area contributed by atoms with Crippen molar-refractivity contribution in [2.24, 2.45) is 0 Å². The summed E-state index contributed by atoms with van der Waals surface area (Å²) in [6.45, 7) is 0.976. The van der Waals surface area contributed by atoms with E-state index in [1.54, 1.807) is 35.2 Å². The van der Waals surface area contributed by atoms with Crippen LogP contribution in [0.25, 0.3) is 0 Å². The number of amides is 1. The van der Waals surface area contributed by atoms with Gasteiger partial charge in [0.05, 0.1) is 12.0 Å². The molecule has 1 spiro atoms. The summed E-state index contributed by atoms with van der Waals surface area (Å²) in [5, 5.41) is 0.523. The number of piperidine rings is 1. The van der Waals surface area contributed by atoms with Gasteiger partial charge in [-0.2, -0.15) is 0 Å². The number of Topliss-reactive ketones (excluding diaryl/α,β-unsaturated/α-hetero) is 1. The van der Waals surface area contributed by atoms with Crippen LogP contribution in [0, 0.1) is 0 Å². The molecular formula is C20H18ClNO4. The second-order valence-electron chi connectivity index (χ2n) is 6.69. The van der Waals surface area contributed by atoms with E-state index in [1.807, 2.05) is 18.2 Å². The number of rotatable bonds is 1. The van der Waals surface area contributed by atoms with Crippen molar-refractivity contribution in [1.29, 1.82) is 0 Å². The summed E-state index contributed by atoms with van der Waals surface area (Å²) in [6.07, 6.45) is 1.11. The minimum absolute atomic E-state index is 0.0362. The van der Waals surface area contributed by atoms with Gasteiger partial charge in [-0.3, -0.25) is 4.79 Å². The second-order valence-corrected chi connectivity index (χ2v) is 7.13. The summed E-state index contributed by atoms with van der Waals surface area (Å²) in [6, 6.07) is 14.1. The topological polar surface area (TPSA) is 55.8 Å². The number of halogens is 1. The molecule has 0 aliphatic carbocycles. The van der Waals surface area contributed by atoms with Crippen LogP contribution in [0.2, 0.25) is 5.02 Å². The Morgan fingerprint density at radius 1 is 1.12 bits per heavy atom. The fourth-order valence-electron chi connectivity index (χ4n) is 3.50. The van der Waals surface area contributed by atoms with Crippen molar-refractivity contribution in [2.75, 3.05) is 13.1 Å². The molecule has 2 aliphatic heterocycles. The van der Waals surface area contributed by atoms with E-state index in [0.29, 0.717) is 54.4 Å². The molecule has 1 saturated heterocycles. The quantitative estimate of drug-likeness (QED) is 0.748. The van der Waals surface area contributed by atoms with Crippen LogP contribution >= 0.6 is 11.6 Å². The number of nitrogens with zero attached hydrogens (tertiary/aromatic N) is 1. The van der Waals surface area contributed by atoms with Gasteiger partial charge in [-0.05, 0) is 30.3 Å². The highest BCUT2D eigenvalue weighted by Crippen LogP contribution is 2.40. The lowest BCUT2D eigenvalue weighted by Crippen LogP contribution is -2.52. The third-order valence-electron chi connectivity index (χ3n) is 4.93. The first-order valence-electron chi connectivity index (χ1n) is 8.58. The van der Waals surface area contributed by atoms with E-state index in [0.717, 1.165) is 0 Å². The van der Waals surface area contributed by atoms with Crippen molar-refractivity contribution in [3.05, 3.63) is 59.1 Å².